The normalized spacial score (nSPS) is 10.9. The van der Waals surface area contributed by atoms with Crippen LogP contribution in [0.1, 0.15) is 5.56 Å². The predicted octanol–water partition coefficient (Wildman–Crippen LogP) is 2.94. The first-order valence-corrected chi connectivity index (χ1v) is 8.01. The van der Waals surface area contributed by atoms with Crippen LogP contribution in [-0.4, -0.2) is 34.6 Å². The molecular formula is C17H14N6OS. The average molecular weight is 350 g/mol. The second-order valence-electron chi connectivity index (χ2n) is 5.46. The summed E-state index contributed by atoms with van der Waals surface area (Å²) in [6.45, 7) is 0.642. The molecule has 0 amide bonds. The largest absolute Gasteiger partial charge is 0.507 e. The fourth-order valence-electron chi connectivity index (χ4n) is 2.63. The van der Waals surface area contributed by atoms with Gasteiger partial charge in [0.1, 0.15) is 18.4 Å². The molecule has 2 aromatic heterocycles. The summed E-state index contributed by atoms with van der Waals surface area (Å²) >= 11 is 5.37. The summed E-state index contributed by atoms with van der Waals surface area (Å²) in [6.07, 6.45) is 3.19. The Kier molecular flexibility index (Phi) is 3.87. The Hall–Kier alpha value is -3.26. The van der Waals surface area contributed by atoms with E-state index in [1.165, 1.54) is 6.33 Å². The van der Waals surface area contributed by atoms with Crippen molar-refractivity contribution >= 4 is 12.2 Å². The maximum Gasteiger partial charge on any atom is 0.200 e. The molecule has 0 fully saturated rings. The SMILES string of the molecule is Oc1ccccc1-c1n[nH]c(=S)n1-c1ccc(Cn2cncn2)cc1. The highest BCUT2D eigenvalue weighted by molar-refractivity contribution is 7.71. The van der Waals surface area contributed by atoms with Gasteiger partial charge in [-0.05, 0) is 42.0 Å². The molecule has 0 radical (unpaired) electrons. The topological polar surface area (TPSA) is 84.5 Å². The van der Waals surface area contributed by atoms with Gasteiger partial charge in [-0.1, -0.05) is 24.3 Å². The van der Waals surface area contributed by atoms with Crippen LogP contribution in [0.5, 0.6) is 5.75 Å². The van der Waals surface area contributed by atoms with Gasteiger partial charge in [0.05, 0.1) is 12.1 Å². The van der Waals surface area contributed by atoms with Crippen molar-refractivity contribution in [2.24, 2.45) is 0 Å². The lowest BCUT2D eigenvalue weighted by Crippen LogP contribution is -2.01. The van der Waals surface area contributed by atoms with Gasteiger partial charge in [0.25, 0.3) is 0 Å². The number of hydrogen-bond acceptors (Lipinski definition) is 5. The minimum atomic E-state index is 0.153. The van der Waals surface area contributed by atoms with E-state index in [0.717, 1.165) is 11.3 Å². The average Bonchev–Trinajstić information content (AvgIpc) is 3.26. The van der Waals surface area contributed by atoms with Crippen molar-refractivity contribution in [3.8, 4) is 22.8 Å². The molecule has 0 atom stereocenters. The minimum absolute atomic E-state index is 0.153. The van der Waals surface area contributed by atoms with E-state index >= 15 is 0 Å². The summed E-state index contributed by atoms with van der Waals surface area (Å²) in [6, 6.07) is 15.0. The monoisotopic (exact) mass is 350 g/mol. The van der Waals surface area contributed by atoms with Gasteiger partial charge in [-0.2, -0.15) is 10.2 Å². The van der Waals surface area contributed by atoms with Crippen LogP contribution in [0, 0.1) is 4.77 Å². The van der Waals surface area contributed by atoms with Crippen LogP contribution in [0.25, 0.3) is 17.1 Å². The van der Waals surface area contributed by atoms with Crippen molar-refractivity contribution in [2.45, 2.75) is 6.54 Å². The first-order chi connectivity index (χ1) is 12.2. The van der Waals surface area contributed by atoms with Gasteiger partial charge in [0.2, 0.25) is 0 Å². The van der Waals surface area contributed by atoms with Crippen molar-refractivity contribution in [2.75, 3.05) is 0 Å². The van der Waals surface area contributed by atoms with Crippen LogP contribution < -0.4 is 0 Å². The summed E-state index contributed by atoms with van der Waals surface area (Å²) in [5.74, 6) is 0.715. The molecule has 0 bridgehead atoms. The summed E-state index contributed by atoms with van der Waals surface area (Å²) in [5.41, 5.74) is 2.56. The van der Waals surface area contributed by atoms with E-state index in [9.17, 15) is 5.11 Å². The van der Waals surface area contributed by atoms with Crippen LogP contribution in [0.15, 0.2) is 61.2 Å². The lowest BCUT2D eigenvalue weighted by molar-refractivity contribution is 0.476. The van der Waals surface area contributed by atoms with Crippen molar-refractivity contribution in [1.29, 1.82) is 0 Å². The number of phenolic OH excluding ortho intramolecular Hbond substituents is 1. The number of H-pyrrole nitrogens is 1. The zero-order valence-corrected chi connectivity index (χ0v) is 13.9. The Morgan fingerprint density at radius 2 is 1.88 bits per heavy atom. The highest BCUT2D eigenvalue weighted by atomic mass is 32.1. The summed E-state index contributed by atoms with van der Waals surface area (Å²) in [7, 11) is 0. The number of benzene rings is 2. The number of rotatable bonds is 4. The fraction of sp³-hybridized carbons (Fsp3) is 0.0588. The number of aromatic hydroxyl groups is 1. The van der Waals surface area contributed by atoms with Crippen LogP contribution in [-0.2, 0) is 6.54 Å². The molecular weight excluding hydrogens is 336 g/mol. The van der Waals surface area contributed by atoms with E-state index in [0.29, 0.717) is 22.7 Å². The molecule has 7 nitrogen and oxygen atoms in total. The number of aromatic amines is 1. The van der Waals surface area contributed by atoms with Crippen LogP contribution in [0.2, 0.25) is 0 Å². The second-order valence-corrected chi connectivity index (χ2v) is 5.85. The van der Waals surface area contributed by atoms with E-state index < -0.39 is 0 Å². The molecule has 0 aliphatic heterocycles. The van der Waals surface area contributed by atoms with Gasteiger partial charge < -0.3 is 5.11 Å². The first kappa shape index (κ1) is 15.3. The number of para-hydroxylation sites is 1. The summed E-state index contributed by atoms with van der Waals surface area (Å²) in [4.78, 5) is 3.94. The third kappa shape index (κ3) is 2.94. The lowest BCUT2D eigenvalue weighted by atomic mass is 10.1. The van der Waals surface area contributed by atoms with Crippen LogP contribution in [0.3, 0.4) is 0 Å². The predicted molar refractivity (Wildman–Crippen MR) is 95.0 cm³/mol. The molecule has 0 unspecified atom stereocenters. The lowest BCUT2D eigenvalue weighted by Gasteiger charge is -2.09. The smallest absolute Gasteiger partial charge is 0.200 e. The molecule has 124 valence electrons. The highest BCUT2D eigenvalue weighted by Gasteiger charge is 2.13. The minimum Gasteiger partial charge on any atom is -0.507 e. The van der Waals surface area contributed by atoms with E-state index in [4.69, 9.17) is 12.2 Å². The Labute approximate surface area is 148 Å². The quantitative estimate of drug-likeness (QED) is 0.553. The van der Waals surface area contributed by atoms with E-state index in [1.807, 2.05) is 30.3 Å². The summed E-state index contributed by atoms with van der Waals surface area (Å²) in [5, 5.41) is 21.3. The molecule has 2 N–H and O–H groups in total. The Balaban J connectivity index is 1.72. The van der Waals surface area contributed by atoms with Crippen molar-refractivity contribution < 1.29 is 5.11 Å². The fourth-order valence-corrected chi connectivity index (χ4v) is 2.87. The number of hydrogen-bond donors (Lipinski definition) is 2. The third-order valence-corrected chi connectivity index (χ3v) is 4.10. The number of nitrogens with zero attached hydrogens (tertiary/aromatic N) is 5. The Morgan fingerprint density at radius 3 is 2.60 bits per heavy atom. The van der Waals surface area contributed by atoms with Gasteiger partial charge >= 0.3 is 0 Å². The molecule has 25 heavy (non-hydrogen) atoms. The highest BCUT2D eigenvalue weighted by Crippen LogP contribution is 2.29. The molecule has 0 aliphatic carbocycles. The first-order valence-electron chi connectivity index (χ1n) is 7.60. The number of aromatic nitrogens is 6. The summed E-state index contributed by atoms with van der Waals surface area (Å²) < 4.78 is 4.01. The molecule has 2 heterocycles. The standard InChI is InChI=1S/C17H14N6OS/c24-15-4-2-1-3-14(15)16-20-21-17(25)23(16)13-7-5-12(6-8-13)9-22-11-18-10-19-22/h1-8,10-11,24H,9H2,(H,21,25). The number of phenols is 1. The van der Waals surface area contributed by atoms with Crippen molar-refractivity contribution in [1.82, 2.24) is 29.5 Å². The van der Waals surface area contributed by atoms with Gasteiger partial charge in [-0.25, -0.2) is 9.67 Å². The molecule has 2 aromatic carbocycles. The molecule has 4 rings (SSSR count). The van der Waals surface area contributed by atoms with Crippen molar-refractivity contribution in [3.63, 3.8) is 0 Å². The maximum absolute atomic E-state index is 10.1. The molecule has 0 spiro atoms. The van der Waals surface area contributed by atoms with E-state index in [-0.39, 0.29) is 5.75 Å². The Morgan fingerprint density at radius 1 is 1.08 bits per heavy atom. The van der Waals surface area contributed by atoms with Gasteiger partial charge in [0.15, 0.2) is 10.6 Å². The molecule has 0 saturated carbocycles. The molecule has 8 heteroatoms. The Bertz CT molecular complexity index is 1050. The zero-order valence-electron chi connectivity index (χ0n) is 13.1. The van der Waals surface area contributed by atoms with Gasteiger partial charge in [-0.3, -0.25) is 9.67 Å². The zero-order chi connectivity index (χ0) is 17.2. The molecule has 4 aromatic rings. The van der Waals surface area contributed by atoms with E-state index in [2.05, 4.69) is 20.3 Å². The molecule has 0 aliphatic rings. The van der Waals surface area contributed by atoms with Crippen molar-refractivity contribution in [3.05, 3.63) is 71.5 Å². The maximum atomic E-state index is 10.1. The third-order valence-electron chi connectivity index (χ3n) is 3.82. The van der Waals surface area contributed by atoms with Crippen LogP contribution in [0.4, 0.5) is 0 Å². The second kappa shape index (κ2) is 6.33. The van der Waals surface area contributed by atoms with Gasteiger partial charge in [0, 0.05) is 5.69 Å². The number of nitrogens with one attached hydrogen (secondary N) is 1. The van der Waals surface area contributed by atoms with Crippen LogP contribution >= 0.6 is 12.2 Å². The molecule has 0 saturated heterocycles. The van der Waals surface area contributed by atoms with E-state index in [1.54, 1.807) is 33.8 Å². The van der Waals surface area contributed by atoms with Gasteiger partial charge in [-0.15, -0.1) is 0 Å².